The molecule has 0 amide bonds. The van der Waals surface area contributed by atoms with Crippen LogP contribution in [0.1, 0.15) is 57.6 Å². The smallest absolute Gasteiger partial charge is 0.260 e. The zero-order valence-electron chi connectivity index (χ0n) is 24.2. The second kappa shape index (κ2) is 12.4. The molecule has 2 N–H and O–H groups in total. The van der Waals surface area contributed by atoms with Crippen molar-refractivity contribution in [1.82, 2.24) is 14.1 Å². The summed E-state index contributed by atoms with van der Waals surface area (Å²) < 4.78 is 23.3. The van der Waals surface area contributed by atoms with E-state index in [9.17, 15) is 9.18 Å². The van der Waals surface area contributed by atoms with E-state index in [2.05, 4.69) is 10.1 Å². The Morgan fingerprint density at radius 1 is 0.952 bits per heavy atom. The van der Waals surface area contributed by atoms with Gasteiger partial charge in [0.2, 0.25) is 0 Å². The fourth-order valence-electron chi connectivity index (χ4n) is 5.01. The average molecular weight is 564 g/mol. The van der Waals surface area contributed by atoms with Gasteiger partial charge in [-0.05, 0) is 80.3 Å². The summed E-state index contributed by atoms with van der Waals surface area (Å²) >= 11 is 0. The van der Waals surface area contributed by atoms with E-state index in [1.165, 1.54) is 17.7 Å². The van der Waals surface area contributed by atoms with Crippen molar-refractivity contribution >= 4 is 5.71 Å². The van der Waals surface area contributed by atoms with E-state index >= 15 is 0 Å². The summed E-state index contributed by atoms with van der Waals surface area (Å²) in [6.45, 7) is 8.57. The Balaban J connectivity index is 1.53. The minimum absolute atomic E-state index is 0.259. The number of hydrazone groups is 1. The van der Waals surface area contributed by atoms with Crippen LogP contribution in [-0.2, 0) is 18.0 Å². The second-order valence-electron chi connectivity index (χ2n) is 10.6. The van der Waals surface area contributed by atoms with E-state index < -0.39 is 0 Å². The van der Waals surface area contributed by atoms with Gasteiger partial charge in [0.25, 0.3) is 5.56 Å². The van der Waals surface area contributed by atoms with E-state index in [4.69, 9.17) is 10.6 Å². The summed E-state index contributed by atoms with van der Waals surface area (Å²) in [7, 11) is 0. The van der Waals surface area contributed by atoms with Crippen LogP contribution in [0.2, 0.25) is 0 Å². The molecule has 0 saturated heterocycles. The Bertz CT molecular complexity index is 1790. The molecule has 0 aliphatic heterocycles. The molecule has 2 heterocycles. The number of halogens is 1. The summed E-state index contributed by atoms with van der Waals surface area (Å²) in [5, 5.41) is 4.09. The number of nitrogens with two attached hydrogens (primary N) is 1. The quantitative estimate of drug-likeness (QED) is 0.133. The van der Waals surface area contributed by atoms with Crippen LogP contribution in [-0.4, -0.2) is 19.8 Å². The SMILES string of the molecule is Cc1ccc(COCc2cc(/C(=N\N)c3ccc(-n4cnc(C)c4)c(C)c3)c(=O)n([C@@H](C)c3ccc(F)cc3)c2)cc1. The molecule has 0 saturated carbocycles. The van der Waals surface area contributed by atoms with Gasteiger partial charge in [-0.1, -0.05) is 48.0 Å². The van der Waals surface area contributed by atoms with Crippen LogP contribution < -0.4 is 11.4 Å². The fraction of sp³-hybridized carbons (Fsp3) is 0.206. The van der Waals surface area contributed by atoms with Crippen LogP contribution in [0.4, 0.5) is 4.39 Å². The predicted molar refractivity (Wildman–Crippen MR) is 163 cm³/mol. The highest BCUT2D eigenvalue weighted by atomic mass is 19.1. The highest BCUT2D eigenvalue weighted by Gasteiger charge is 2.19. The van der Waals surface area contributed by atoms with Gasteiger partial charge in [0.05, 0.1) is 36.8 Å². The Labute approximate surface area is 244 Å². The molecule has 5 aromatic rings. The number of hydrogen-bond acceptors (Lipinski definition) is 5. The van der Waals surface area contributed by atoms with E-state index in [1.54, 1.807) is 35.3 Å². The van der Waals surface area contributed by atoms with Crippen molar-refractivity contribution in [2.45, 2.75) is 47.0 Å². The Morgan fingerprint density at radius 2 is 1.67 bits per heavy atom. The molecule has 0 bridgehead atoms. The zero-order valence-corrected chi connectivity index (χ0v) is 24.2. The zero-order chi connectivity index (χ0) is 29.8. The summed E-state index contributed by atoms with van der Waals surface area (Å²) in [5.74, 6) is 5.62. The molecule has 0 fully saturated rings. The normalized spacial score (nSPS) is 12.5. The topological polar surface area (TPSA) is 87.4 Å². The van der Waals surface area contributed by atoms with Crippen molar-refractivity contribution in [2.24, 2.45) is 10.9 Å². The van der Waals surface area contributed by atoms with E-state index in [0.717, 1.165) is 33.6 Å². The molecule has 214 valence electrons. The molecule has 0 unspecified atom stereocenters. The van der Waals surface area contributed by atoms with Crippen LogP contribution in [0.5, 0.6) is 0 Å². The first kappa shape index (κ1) is 28.7. The largest absolute Gasteiger partial charge is 0.372 e. The number of pyridine rings is 1. The maximum absolute atomic E-state index is 14.0. The van der Waals surface area contributed by atoms with Crippen molar-refractivity contribution in [3.63, 3.8) is 0 Å². The van der Waals surface area contributed by atoms with Crippen molar-refractivity contribution in [3.05, 3.63) is 152 Å². The maximum Gasteiger partial charge on any atom is 0.260 e. The molecule has 1 atom stereocenters. The third kappa shape index (κ3) is 6.24. The lowest BCUT2D eigenvalue weighted by Gasteiger charge is -2.19. The van der Waals surface area contributed by atoms with E-state index in [1.807, 2.05) is 80.9 Å². The molecule has 8 heteroatoms. The third-order valence-corrected chi connectivity index (χ3v) is 7.37. The minimum Gasteiger partial charge on any atom is -0.372 e. The van der Waals surface area contributed by atoms with Gasteiger partial charge in [0.15, 0.2) is 0 Å². The molecule has 3 aromatic carbocycles. The molecule has 0 aliphatic carbocycles. The van der Waals surface area contributed by atoms with Gasteiger partial charge in [-0.3, -0.25) is 4.79 Å². The van der Waals surface area contributed by atoms with Crippen molar-refractivity contribution in [1.29, 1.82) is 0 Å². The van der Waals surface area contributed by atoms with Gasteiger partial charge in [-0.2, -0.15) is 5.10 Å². The van der Waals surface area contributed by atoms with Crippen LogP contribution >= 0.6 is 0 Å². The molecule has 7 nitrogen and oxygen atoms in total. The summed E-state index contributed by atoms with van der Waals surface area (Å²) in [4.78, 5) is 18.3. The van der Waals surface area contributed by atoms with Gasteiger partial charge >= 0.3 is 0 Å². The van der Waals surface area contributed by atoms with Crippen molar-refractivity contribution in [3.8, 4) is 5.69 Å². The van der Waals surface area contributed by atoms with Crippen molar-refractivity contribution < 1.29 is 9.13 Å². The van der Waals surface area contributed by atoms with Gasteiger partial charge < -0.3 is 19.7 Å². The molecular weight excluding hydrogens is 529 g/mol. The Morgan fingerprint density at radius 3 is 2.31 bits per heavy atom. The maximum atomic E-state index is 14.0. The molecule has 0 aliphatic rings. The average Bonchev–Trinajstić information content (AvgIpc) is 3.41. The lowest BCUT2D eigenvalue weighted by atomic mass is 9.99. The van der Waals surface area contributed by atoms with Crippen LogP contribution in [0.3, 0.4) is 0 Å². The number of aryl methyl sites for hydroxylation is 3. The molecular formula is C34H34FN5O2. The highest BCUT2D eigenvalue weighted by molar-refractivity contribution is 6.12. The number of rotatable bonds is 9. The number of aromatic nitrogens is 3. The summed E-state index contributed by atoms with van der Waals surface area (Å²) in [6.07, 6.45) is 5.51. The van der Waals surface area contributed by atoms with Gasteiger partial charge in [-0.15, -0.1) is 0 Å². The molecule has 0 spiro atoms. The summed E-state index contributed by atoms with van der Waals surface area (Å²) in [5.41, 5.74) is 7.87. The first-order valence-corrected chi connectivity index (χ1v) is 13.8. The highest BCUT2D eigenvalue weighted by Crippen LogP contribution is 2.22. The van der Waals surface area contributed by atoms with E-state index in [-0.39, 0.29) is 24.0 Å². The number of imidazole rings is 1. The van der Waals surface area contributed by atoms with Gasteiger partial charge in [0.1, 0.15) is 11.5 Å². The van der Waals surface area contributed by atoms with Crippen LogP contribution in [0.15, 0.2) is 101 Å². The lowest BCUT2D eigenvalue weighted by molar-refractivity contribution is 0.106. The number of nitrogens with zero attached hydrogens (tertiary/aromatic N) is 4. The first-order chi connectivity index (χ1) is 20.2. The second-order valence-corrected chi connectivity index (χ2v) is 10.6. The predicted octanol–water partition coefficient (Wildman–Crippen LogP) is 6.14. The molecule has 0 radical (unpaired) electrons. The van der Waals surface area contributed by atoms with Gasteiger partial charge in [0, 0.05) is 23.6 Å². The fourth-order valence-corrected chi connectivity index (χ4v) is 5.01. The Hall–Kier alpha value is -4.82. The molecule has 2 aromatic heterocycles. The standard InChI is InChI=1S/C34H34FN5O2/c1-22-5-7-26(8-6-22)19-42-20-27-16-31(34(41)40(18-27)25(4)28-9-12-30(35)13-10-28)33(38-36)29-11-14-32(23(2)15-29)39-17-24(3)37-21-39/h5-18,21,25H,19-20,36H2,1-4H3/b38-33-/t25-/m0/s1. The van der Waals surface area contributed by atoms with Gasteiger partial charge in [-0.25, -0.2) is 9.37 Å². The Kier molecular flexibility index (Phi) is 8.45. The first-order valence-electron chi connectivity index (χ1n) is 13.8. The summed E-state index contributed by atoms with van der Waals surface area (Å²) in [6, 6.07) is 21.6. The molecule has 42 heavy (non-hydrogen) atoms. The number of benzene rings is 3. The minimum atomic E-state index is -0.374. The number of ether oxygens (including phenoxy) is 1. The molecule has 5 rings (SSSR count). The van der Waals surface area contributed by atoms with Crippen molar-refractivity contribution in [2.75, 3.05) is 0 Å². The van der Waals surface area contributed by atoms with E-state index in [0.29, 0.717) is 23.4 Å². The third-order valence-electron chi connectivity index (χ3n) is 7.37. The van der Waals surface area contributed by atoms with Crippen LogP contribution in [0.25, 0.3) is 5.69 Å². The monoisotopic (exact) mass is 563 g/mol. The lowest BCUT2D eigenvalue weighted by Crippen LogP contribution is -2.30. The van der Waals surface area contributed by atoms with Crippen LogP contribution in [0, 0.1) is 26.6 Å². The number of hydrogen-bond donors (Lipinski definition) is 1.